The fourth-order valence-electron chi connectivity index (χ4n) is 1.52. The van der Waals surface area contributed by atoms with E-state index < -0.39 is 0 Å². The lowest BCUT2D eigenvalue weighted by atomic mass is 10.2. The van der Waals surface area contributed by atoms with E-state index in [1.807, 2.05) is 5.41 Å². The number of β-lactam (4-membered cyclic amide) rings is 1. The van der Waals surface area contributed by atoms with E-state index in [1.54, 1.807) is 16.7 Å². The number of carbonyl (C=O) groups is 1. The van der Waals surface area contributed by atoms with Crippen LogP contribution in [0.2, 0.25) is 0 Å². The quantitative estimate of drug-likeness (QED) is 0.430. The Morgan fingerprint density at radius 1 is 1.80 bits per heavy atom. The number of amides is 1. The van der Waals surface area contributed by atoms with Crippen molar-refractivity contribution in [2.45, 2.75) is 31.6 Å². The molecule has 0 bridgehead atoms. The van der Waals surface area contributed by atoms with E-state index in [0.29, 0.717) is 18.1 Å². The van der Waals surface area contributed by atoms with Crippen molar-refractivity contribution >= 4 is 34.9 Å². The van der Waals surface area contributed by atoms with Crippen molar-refractivity contribution in [2.75, 3.05) is 6.61 Å². The van der Waals surface area contributed by atoms with Gasteiger partial charge in [-0.1, -0.05) is 13.3 Å². The molecule has 15 heavy (non-hydrogen) atoms. The van der Waals surface area contributed by atoms with Crippen LogP contribution < -0.4 is 0 Å². The van der Waals surface area contributed by atoms with Crippen LogP contribution >= 0.6 is 24.0 Å². The maximum atomic E-state index is 11.3. The zero-order chi connectivity index (χ0) is 10.8. The summed E-state index contributed by atoms with van der Waals surface area (Å²) in [6.07, 6.45) is 2.71. The van der Waals surface area contributed by atoms with E-state index >= 15 is 0 Å². The molecule has 0 saturated carbocycles. The lowest BCUT2D eigenvalue weighted by molar-refractivity contribution is -0.137. The molecule has 1 amide bonds. The van der Waals surface area contributed by atoms with Crippen LogP contribution in [-0.2, 0) is 9.53 Å². The van der Waals surface area contributed by atoms with Crippen molar-refractivity contribution < 1.29 is 9.53 Å². The number of fused-ring (bicyclic) bond motifs is 1. The standard InChI is InChI=1S/C10H13NO2S2/c1-2-3-4-13-10(14)7-6-15-9-5-8(12)11(7)9/h6,9H,2-5H2,1H3/t9-/m1/s1. The lowest BCUT2D eigenvalue weighted by Gasteiger charge is -2.35. The summed E-state index contributed by atoms with van der Waals surface area (Å²) in [6, 6.07) is 0. The molecule has 0 N–H and O–H groups in total. The number of thiocarbonyl (C=S) groups is 1. The summed E-state index contributed by atoms with van der Waals surface area (Å²) in [4.78, 5) is 13.0. The molecule has 1 atom stereocenters. The minimum absolute atomic E-state index is 0.151. The third kappa shape index (κ3) is 2.03. The minimum Gasteiger partial charge on any atom is -0.482 e. The fraction of sp³-hybridized carbons (Fsp3) is 0.600. The molecule has 3 nitrogen and oxygen atoms in total. The molecule has 0 aromatic heterocycles. The normalized spacial score (nSPS) is 23.3. The van der Waals surface area contributed by atoms with Gasteiger partial charge in [-0.25, -0.2) is 0 Å². The van der Waals surface area contributed by atoms with Crippen molar-refractivity contribution in [2.24, 2.45) is 0 Å². The monoisotopic (exact) mass is 243 g/mol. The maximum Gasteiger partial charge on any atom is 0.231 e. The largest absolute Gasteiger partial charge is 0.482 e. The molecule has 0 aromatic carbocycles. The summed E-state index contributed by atoms with van der Waals surface area (Å²) in [6.45, 7) is 2.75. The highest BCUT2D eigenvalue weighted by atomic mass is 32.2. The van der Waals surface area contributed by atoms with Gasteiger partial charge in [0.25, 0.3) is 0 Å². The predicted octanol–water partition coefficient (Wildman–Crippen LogP) is 2.28. The predicted molar refractivity (Wildman–Crippen MR) is 64.4 cm³/mol. The second kappa shape index (κ2) is 4.53. The summed E-state index contributed by atoms with van der Waals surface area (Å²) >= 11 is 6.79. The Balaban J connectivity index is 1.88. The van der Waals surface area contributed by atoms with Crippen LogP contribution in [0.25, 0.3) is 0 Å². The van der Waals surface area contributed by atoms with E-state index in [4.69, 9.17) is 17.0 Å². The van der Waals surface area contributed by atoms with Gasteiger partial charge in [0.2, 0.25) is 11.0 Å². The molecular weight excluding hydrogens is 230 g/mol. The SMILES string of the molecule is CCCCOC(=S)C1=CS[C@@H]2CC(=O)N12. The summed E-state index contributed by atoms with van der Waals surface area (Å²) < 4.78 is 5.42. The van der Waals surface area contributed by atoms with Gasteiger partial charge in [0.05, 0.1) is 18.4 Å². The third-order valence-corrected chi connectivity index (χ3v) is 3.82. The van der Waals surface area contributed by atoms with Crippen molar-refractivity contribution in [1.82, 2.24) is 4.90 Å². The molecule has 2 aliphatic rings. The zero-order valence-corrected chi connectivity index (χ0v) is 10.2. The topological polar surface area (TPSA) is 29.5 Å². The Labute approximate surface area is 98.8 Å². The number of carbonyl (C=O) groups excluding carboxylic acids is 1. The van der Waals surface area contributed by atoms with Gasteiger partial charge in [-0.05, 0) is 18.6 Å². The first-order valence-corrected chi connectivity index (χ1v) is 6.44. The Morgan fingerprint density at radius 2 is 2.60 bits per heavy atom. The highest BCUT2D eigenvalue weighted by Gasteiger charge is 2.43. The van der Waals surface area contributed by atoms with E-state index in [9.17, 15) is 4.79 Å². The van der Waals surface area contributed by atoms with Crippen LogP contribution in [0.4, 0.5) is 0 Å². The first-order valence-electron chi connectivity index (χ1n) is 5.09. The Kier molecular flexibility index (Phi) is 3.31. The summed E-state index contributed by atoms with van der Waals surface area (Å²) in [5.41, 5.74) is 0.785. The summed E-state index contributed by atoms with van der Waals surface area (Å²) in [5.74, 6) is 0.151. The van der Waals surface area contributed by atoms with Gasteiger partial charge in [0.15, 0.2) is 0 Å². The number of unbranched alkanes of at least 4 members (excludes halogenated alkanes) is 1. The zero-order valence-electron chi connectivity index (χ0n) is 8.56. The number of thioether (sulfide) groups is 1. The van der Waals surface area contributed by atoms with Gasteiger partial charge in [0.1, 0.15) is 5.70 Å². The molecule has 0 radical (unpaired) electrons. The molecule has 2 rings (SSSR count). The Morgan fingerprint density at radius 3 is 3.27 bits per heavy atom. The molecule has 0 aliphatic carbocycles. The Bertz CT molecular complexity index is 327. The van der Waals surface area contributed by atoms with E-state index in [-0.39, 0.29) is 11.3 Å². The van der Waals surface area contributed by atoms with Crippen molar-refractivity contribution in [3.8, 4) is 0 Å². The van der Waals surface area contributed by atoms with Crippen molar-refractivity contribution in [3.05, 3.63) is 11.1 Å². The lowest BCUT2D eigenvalue weighted by Crippen LogP contribution is -2.48. The van der Waals surface area contributed by atoms with Gasteiger partial charge >= 0.3 is 0 Å². The summed E-state index contributed by atoms with van der Waals surface area (Å²) in [5, 5.41) is 2.68. The average molecular weight is 243 g/mol. The first kappa shape index (κ1) is 11.0. The second-order valence-corrected chi connectivity index (χ2v) is 4.97. The van der Waals surface area contributed by atoms with Crippen LogP contribution in [0.15, 0.2) is 11.1 Å². The van der Waals surface area contributed by atoms with Crippen LogP contribution in [0.5, 0.6) is 0 Å². The number of hydrogen-bond donors (Lipinski definition) is 0. The van der Waals surface area contributed by atoms with Crippen LogP contribution in [0, 0.1) is 0 Å². The van der Waals surface area contributed by atoms with Crippen LogP contribution in [0.3, 0.4) is 0 Å². The van der Waals surface area contributed by atoms with Crippen LogP contribution in [0.1, 0.15) is 26.2 Å². The number of rotatable bonds is 4. The molecule has 0 unspecified atom stereocenters. The van der Waals surface area contributed by atoms with E-state index in [2.05, 4.69) is 6.92 Å². The highest BCUT2D eigenvalue weighted by molar-refractivity contribution is 8.03. The van der Waals surface area contributed by atoms with Crippen molar-refractivity contribution in [1.29, 1.82) is 0 Å². The smallest absolute Gasteiger partial charge is 0.231 e. The molecule has 82 valence electrons. The molecule has 2 heterocycles. The third-order valence-electron chi connectivity index (χ3n) is 2.44. The summed E-state index contributed by atoms with van der Waals surface area (Å²) in [7, 11) is 0. The van der Waals surface area contributed by atoms with Gasteiger partial charge in [0, 0.05) is 5.41 Å². The second-order valence-electron chi connectivity index (χ2n) is 3.55. The Hall–Kier alpha value is -0.550. The number of ether oxygens (including phenoxy) is 1. The van der Waals surface area contributed by atoms with Crippen LogP contribution in [-0.4, -0.2) is 27.8 Å². The minimum atomic E-state index is 0.151. The van der Waals surface area contributed by atoms with Gasteiger partial charge in [-0.15, -0.1) is 11.8 Å². The fourth-order valence-corrected chi connectivity index (χ4v) is 2.93. The number of nitrogens with zero attached hydrogens (tertiary/aromatic N) is 1. The number of hydrogen-bond acceptors (Lipinski definition) is 4. The average Bonchev–Trinajstić information content (AvgIpc) is 2.55. The maximum absolute atomic E-state index is 11.3. The van der Waals surface area contributed by atoms with E-state index in [0.717, 1.165) is 18.5 Å². The molecule has 0 spiro atoms. The molecule has 5 heteroatoms. The van der Waals surface area contributed by atoms with Gasteiger partial charge in [-0.3, -0.25) is 9.69 Å². The first-order chi connectivity index (χ1) is 7.24. The van der Waals surface area contributed by atoms with Gasteiger partial charge in [-0.2, -0.15) is 0 Å². The molecule has 1 fully saturated rings. The van der Waals surface area contributed by atoms with E-state index in [1.165, 1.54) is 0 Å². The molecular formula is C10H13NO2S2. The molecule has 0 aromatic rings. The highest BCUT2D eigenvalue weighted by Crippen LogP contribution is 2.41. The van der Waals surface area contributed by atoms with Crippen molar-refractivity contribution in [3.63, 3.8) is 0 Å². The molecule has 1 saturated heterocycles. The van der Waals surface area contributed by atoms with Gasteiger partial charge < -0.3 is 4.74 Å². The molecule has 2 aliphatic heterocycles.